The largest absolute Gasteiger partial charge is 0.416 e. The quantitative estimate of drug-likeness (QED) is 0.344. The number of nitrogens with zero attached hydrogens (tertiary/aromatic N) is 5. The van der Waals surface area contributed by atoms with Crippen LogP contribution in [-0.4, -0.2) is 38.0 Å². The number of aromatic nitrogens is 4. The maximum Gasteiger partial charge on any atom is 0.416 e. The van der Waals surface area contributed by atoms with Gasteiger partial charge in [-0.1, -0.05) is 18.2 Å². The first kappa shape index (κ1) is 25.1. The average molecular weight is 521 g/mol. The Balaban J connectivity index is 1.66. The second-order valence-electron chi connectivity index (χ2n) is 8.93. The maximum atomic E-state index is 13.7. The topological polar surface area (TPSA) is 93.0 Å². The molecule has 0 radical (unpaired) electrons. The zero-order valence-corrected chi connectivity index (χ0v) is 20.8. The predicted octanol–water partition coefficient (Wildman–Crippen LogP) is 5.36. The summed E-state index contributed by atoms with van der Waals surface area (Å²) >= 11 is 0. The molecule has 0 bridgehead atoms. The third kappa shape index (κ3) is 4.40. The summed E-state index contributed by atoms with van der Waals surface area (Å²) in [5.74, 6) is 0.487. The smallest absolute Gasteiger partial charge is 0.370 e. The monoisotopic (exact) mass is 520 g/mol. The number of halogens is 3. The van der Waals surface area contributed by atoms with Crippen LogP contribution in [0.15, 0.2) is 54.9 Å². The Morgan fingerprint density at radius 1 is 1.08 bits per heavy atom. The molecule has 4 aromatic rings. The molecule has 1 N–H and O–H groups in total. The summed E-state index contributed by atoms with van der Waals surface area (Å²) in [5, 5.41) is 11.3. The zero-order chi connectivity index (χ0) is 27.2. The first-order valence-corrected chi connectivity index (χ1v) is 11.8. The molecule has 1 aliphatic rings. The summed E-state index contributed by atoms with van der Waals surface area (Å²) in [5.41, 5.74) is 1.53. The van der Waals surface area contributed by atoms with Gasteiger partial charge in [0, 0.05) is 30.3 Å². The van der Waals surface area contributed by atoms with Gasteiger partial charge in [-0.15, -0.1) is 10.2 Å². The van der Waals surface area contributed by atoms with Gasteiger partial charge in [0.2, 0.25) is 0 Å². The van der Waals surface area contributed by atoms with Gasteiger partial charge in [-0.2, -0.15) is 13.2 Å². The molecule has 38 heavy (non-hydrogen) atoms. The van der Waals surface area contributed by atoms with E-state index in [1.165, 1.54) is 24.0 Å². The van der Waals surface area contributed by atoms with Crippen LogP contribution in [0.25, 0.3) is 22.5 Å². The van der Waals surface area contributed by atoms with E-state index in [4.69, 9.17) is 0 Å². The minimum atomic E-state index is -4.59. The van der Waals surface area contributed by atoms with E-state index in [-0.39, 0.29) is 29.3 Å². The number of anilines is 2. The highest BCUT2D eigenvalue weighted by Gasteiger charge is 2.40. The van der Waals surface area contributed by atoms with Crippen LogP contribution in [0, 0.1) is 0 Å². The van der Waals surface area contributed by atoms with Crippen molar-refractivity contribution >= 4 is 23.3 Å². The molecule has 194 valence electrons. The van der Waals surface area contributed by atoms with E-state index >= 15 is 0 Å². The van der Waals surface area contributed by atoms with E-state index in [0.29, 0.717) is 40.4 Å². The molecule has 2 aromatic carbocycles. The van der Waals surface area contributed by atoms with Crippen molar-refractivity contribution in [3.05, 3.63) is 77.1 Å². The highest BCUT2D eigenvalue weighted by molar-refractivity contribution is 6.10. The molecular weight excluding hydrogens is 497 g/mol. The van der Waals surface area contributed by atoms with E-state index in [1.54, 1.807) is 48.3 Å². The van der Waals surface area contributed by atoms with Gasteiger partial charge in [-0.3, -0.25) is 14.5 Å². The summed E-state index contributed by atoms with van der Waals surface area (Å²) in [6, 6.07) is 12.2. The fourth-order valence-corrected chi connectivity index (χ4v) is 4.59. The molecule has 0 atom stereocenters. The average Bonchev–Trinajstić information content (AvgIpc) is 3.46. The van der Waals surface area contributed by atoms with Gasteiger partial charge in [-0.25, -0.2) is 4.98 Å². The van der Waals surface area contributed by atoms with Gasteiger partial charge in [-0.05, 0) is 60.9 Å². The highest BCUT2D eigenvalue weighted by atomic mass is 19.4. The van der Waals surface area contributed by atoms with Crippen LogP contribution in [0.5, 0.6) is 0 Å². The molecule has 1 amide bonds. The number of carbonyl (C=O) groups is 2. The second-order valence-corrected chi connectivity index (χ2v) is 8.93. The van der Waals surface area contributed by atoms with Crippen molar-refractivity contribution in [3.8, 4) is 22.5 Å². The van der Waals surface area contributed by atoms with Crippen molar-refractivity contribution in [3.63, 3.8) is 0 Å². The number of ketones is 1. The SMILES string of the molecule is CCNc1cc(-c2ccc(C(C)=O)cc2-c2nncn2C)cc(N2Cc3c(cccc3C(F)(F)F)C2=O)n1. The van der Waals surface area contributed by atoms with E-state index in [1.807, 2.05) is 6.92 Å². The van der Waals surface area contributed by atoms with Crippen LogP contribution in [0.2, 0.25) is 0 Å². The summed E-state index contributed by atoms with van der Waals surface area (Å²) in [6.45, 7) is 3.62. The molecule has 3 heterocycles. The lowest BCUT2D eigenvalue weighted by Crippen LogP contribution is -2.24. The van der Waals surface area contributed by atoms with Gasteiger partial charge in [0.05, 0.1) is 12.1 Å². The van der Waals surface area contributed by atoms with Crippen LogP contribution >= 0.6 is 0 Å². The first-order chi connectivity index (χ1) is 18.1. The molecule has 2 aromatic heterocycles. The van der Waals surface area contributed by atoms with Crippen LogP contribution in [0.4, 0.5) is 24.8 Å². The highest BCUT2D eigenvalue weighted by Crippen LogP contribution is 2.40. The molecule has 11 heteroatoms. The number of hydrogen-bond donors (Lipinski definition) is 1. The number of benzene rings is 2. The van der Waals surface area contributed by atoms with Gasteiger partial charge in [0.15, 0.2) is 11.6 Å². The fraction of sp³-hybridized carbons (Fsp3) is 0.222. The molecule has 0 saturated carbocycles. The van der Waals surface area contributed by atoms with E-state index in [0.717, 1.165) is 6.07 Å². The Bertz CT molecular complexity index is 1580. The normalized spacial score (nSPS) is 13.1. The maximum absolute atomic E-state index is 13.7. The zero-order valence-electron chi connectivity index (χ0n) is 20.8. The first-order valence-electron chi connectivity index (χ1n) is 11.8. The van der Waals surface area contributed by atoms with Crippen molar-refractivity contribution in [2.24, 2.45) is 7.05 Å². The van der Waals surface area contributed by atoms with Crippen LogP contribution in [0.3, 0.4) is 0 Å². The van der Waals surface area contributed by atoms with E-state index in [9.17, 15) is 22.8 Å². The van der Waals surface area contributed by atoms with Crippen molar-refractivity contribution in [2.75, 3.05) is 16.8 Å². The molecule has 0 aliphatic carbocycles. The van der Waals surface area contributed by atoms with E-state index < -0.39 is 17.6 Å². The number of amides is 1. The second kappa shape index (κ2) is 9.40. The van der Waals surface area contributed by atoms with Crippen LogP contribution < -0.4 is 10.2 Å². The standard InChI is InChI=1S/C27H23F3N6O2/c1-4-31-23-11-17(18-9-8-16(15(2)37)10-20(18)25-34-32-14-35(25)3)12-24(33-23)36-13-21-19(26(36)38)6-5-7-22(21)27(28,29)30/h5-12,14H,4,13H2,1-3H3,(H,31,33). The summed E-state index contributed by atoms with van der Waals surface area (Å²) in [7, 11) is 1.78. The predicted molar refractivity (Wildman–Crippen MR) is 136 cm³/mol. The number of rotatable bonds is 6. The lowest BCUT2D eigenvalue weighted by Gasteiger charge is -2.19. The molecule has 0 saturated heterocycles. The number of fused-ring (bicyclic) bond motifs is 1. The number of carbonyl (C=O) groups excluding carboxylic acids is 2. The number of pyridine rings is 1. The fourth-order valence-electron chi connectivity index (χ4n) is 4.59. The van der Waals surface area contributed by atoms with Gasteiger partial charge in [0.25, 0.3) is 5.91 Å². The lowest BCUT2D eigenvalue weighted by atomic mass is 9.96. The molecule has 0 spiro atoms. The molecular formula is C27H23F3N6O2. The third-order valence-electron chi connectivity index (χ3n) is 6.41. The molecule has 8 nitrogen and oxygen atoms in total. The number of aryl methyl sites for hydroxylation is 1. The Kier molecular flexibility index (Phi) is 6.22. The number of hydrogen-bond acceptors (Lipinski definition) is 6. The lowest BCUT2D eigenvalue weighted by molar-refractivity contribution is -0.138. The minimum absolute atomic E-state index is 0.00242. The summed E-state index contributed by atoms with van der Waals surface area (Å²) < 4.78 is 42.7. The van der Waals surface area contributed by atoms with Crippen LogP contribution in [-0.2, 0) is 19.8 Å². The Morgan fingerprint density at radius 3 is 2.53 bits per heavy atom. The number of Topliss-reactive ketones (excluding diaryl/α,β-unsaturated/α-hetero) is 1. The van der Waals surface area contributed by atoms with E-state index in [2.05, 4.69) is 20.5 Å². The third-order valence-corrected chi connectivity index (χ3v) is 6.41. The van der Waals surface area contributed by atoms with Crippen molar-refractivity contribution in [1.29, 1.82) is 0 Å². The Morgan fingerprint density at radius 2 is 1.87 bits per heavy atom. The minimum Gasteiger partial charge on any atom is -0.370 e. The van der Waals surface area contributed by atoms with Crippen LogP contribution in [0.1, 0.15) is 45.7 Å². The molecule has 0 fully saturated rings. The van der Waals surface area contributed by atoms with Crippen molar-refractivity contribution < 1.29 is 22.8 Å². The molecule has 1 aliphatic heterocycles. The number of nitrogens with one attached hydrogen (secondary N) is 1. The Labute approximate surface area is 216 Å². The van der Waals surface area contributed by atoms with Gasteiger partial charge in [0.1, 0.15) is 18.0 Å². The van der Waals surface area contributed by atoms with Crippen molar-refractivity contribution in [2.45, 2.75) is 26.6 Å². The molecule has 0 unspecified atom stereocenters. The van der Waals surface area contributed by atoms with Gasteiger partial charge >= 0.3 is 6.18 Å². The van der Waals surface area contributed by atoms with Gasteiger partial charge < -0.3 is 9.88 Å². The molecule has 5 rings (SSSR count). The summed E-state index contributed by atoms with van der Waals surface area (Å²) in [4.78, 5) is 31.2. The summed E-state index contributed by atoms with van der Waals surface area (Å²) in [6.07, 6.45) is -3.05. The van der Waals surface area contributed by atoms with Crippen molar-refractivity contribution in [1.82, 2.24) is 19.7 Å². The Hall–Kier alpha value is -4.54. The number of alkyl halides is 3.